The van der Waals surface area contributed by atoms with Crippen molar-refractivity contribution in [3.8, 4) is 22.6 Å². The Morgan fingerprint density at radius 2 is 1.64 bits per heavy atom. The van der Waals surface area contributed by atoms with Crippen LogP contribution >= 0.6 is 46.6 Å². The van der Waals surface area contributed by atoms with Gasteiger partial charge in [-0.1, -0.05) is 95.1 Å². The molecule has 0 fully saturated rings. The number of carbonyl (C=O) groups excluding carboxylic acids is 1. The first kappa shape index (κ1) is 24.6. The van der Waals surface area contributed by atoms with Gasteiger partial charge in [-0.3, -0.25) is 4.79 Å². The molecule has 36 heavy (non-hydrogen) atoms. The molecule has 0 atom stereocenters. The number of hydrogen-bond acceptors (Lipinski definition) is 5. The van der Waals surface area contributed by atoms with E-state index in [1.54, 1.807) is 0 Å². The summed E-state index contributed by atoms with van der Waals surface area (Å²) in [7, 11) is 1.88. The number of para-hydroxylation sites is 1. The van der Waals surface area contributed by atoms with Crippen molar-refractivity contribution in [2.75, 3.05) is 11.1 Å². The van der Waals surface area contributed by atoms with Gasteiger partial charge in [0, 0.05) is 23.6 Å². The Balaban J connectivity index is 1.41. The molecule has 180 valence electrons. The van der Waals surface area contributed by atoms with Gasteiger partial charge in [0.1, 0.15) is 0 Å². The lowest BCUT2D eigenvalue weighted by molar-refractivity contribution is -0.113. The Bertz CT molecular complexity index is 1590. The van der Waals surface area contributed by atoms with Gasteiger partial charge in [-0.05, 0) is 24.3 Å². The minimum atomic E-state index is -0.259. The fourth-order valence-electron chi connectivity index (χ4n) is 3.73. The highest BCUT2D eigenvalue weighted by molar-refractivity contribution is 7.99. The van der Waals surface area contributed by atoms with Crippen molar-refractivity contribution in [3.05, 3.63) is 87.9 Å². The van der Waals surface area contributed by atoms with Crippen LogP contribution in [0.2, 0.25) is 15.1 Å². The molecule has 3 aromatic carbocycles. The van der Waals surface area contributed by atoms with E-state index in [4.69, 9.17) is 39.8 Å². The van der Waals surface area contributed by atoms with Crippen molar-refractivity contribution < 1.29 is 4.79 Å². The zero-order chi connectivity index (χ0) is 25.2. The molecule has 6 nitrogen and oxygen atoms in total. The average molecular weight is 555 g/mol. The van der Waals surface area contributed by atoms with Crippen LogP contribution in [0.4, 0.5) is 5.69 Å². The SMILES string of the molecule is Cn1c(SCC(=O)Nc2cc(Cl)c(Cl)cc2Cl)nnc1-c1cc(-c2ccccc2)nc2ccccc12. The molecular formula is C26H18Cl3N5OS. The number of benzene rings is 3. The fraction of sp³-hybridized carbons (Fsp3) is 0.0769. The number of nitrogens with one attached hydrogen (secondary N) is 1. The number of pyridine rings is 1. The summed E-state index contributed by atoms with van der Waals surface area (Å²) in [6, 6.07) is 23.0. The van der Waals surface area contributed by atoms with Crippen molar-refractivity contribution in [3.63, 3.8) is 0 Å². The molecule has 0 saturated carbocycles. The predicted molar refractivity (Wildman–Crippen MR) is 148 cm³/mol. The van der Waals surface area contributed by atoms with Crippen LogP contribution in [0.25, 0.3) is 33.5 Å². The third-order valence-electron chi connectivity index (χ3n) is 5.48. The maximum absolute atomic E-state index is 12.6. The molecule has 10 heteroatoms. The Morgan fingerprint density at radius 1 is 0.917 bits per heavy atom. The summed E-state index contributed by atoms with van der Waals surface area (Å²) < 4.78 is 1.88. The molecule has 5 rings (SSSR count). The fourth-order valence-corrected chi connectivity index (χ4v) is 5.03. The zero-order valence-corrected chi connectivity index (χ0v) is 22.0. The van der Waals surface area contributed by atoms with Crippen LogP contribution in [0.3, 0.4) is 0 Å². The number of amides is 1. The maximum Gasteiger partial charge on any atom is 0.234 e. The summed E-state index contributed by atoms with van der Waals surface area (Å²) in [5.74, 6) is 0.529. The number of carbonyl (C=O) groups is 1. The number of thioether (sulfide) groups is 1. The highest BCUT2D eigenvalue weighted by Crippen LogP contribution is 2.34. The summed E-state index contributed by atoms with van der Waals surface area (Å²) in [6.07, 6.45) is 0. The van der Waals surface area contributed by atoms with Gasteiger partial charge < -0.3 is 9.88 Å². The molecule has 1 amide bonds. The molecule has 0 aliphatic heterocycles. The molecule has 1 N–H and O–H groups in total. The van der Waals surface area contributed by atoms with Crippen LogP contribution in [-0.2, 0) is 11.8 Å². The average Bonchev–Trinajstić information content (AvgIpc) is 3.25. The lowest BCUT2D eigenvalue weighted by Gasteiger charge is -2.10. The number of aromatic nitrogens is 4. The number of fused-ring (bicyclic) bond motifs is 1. The molecule has 0 aliphatic carbocycles. The maximum atomic E-state index is 12.6. The van der Waals surface area contributed by atoms with Gasteiger partial charge in [-0.2, -0.15) is 0 Å². The number of rotatable bonds is 6. The minimum Gasteiger partial charge on any atom is -0.324 e. The number of anilines is 1. The van der Waals surface area contributed by atoms with Crippen LogP contribution in [-0.4, -0.2) is 31.4 Å². The zero-order valence-electron chi connectivity index (χ0n) is 18.9. The molecule has 2 aromatic heterocycles. The Morgan fingerprint density at radius 3 is 2.44 bits per heavy atom. The van der Waals surface area contributed by atoms with Gasteiger partial charge in [0.05, 0.1) is 37.7 Å². The second kappa shape index (κ2) is 10.5. The van der Waals surface area contributed by atoms with E-state index in [9.17, 15) is 4.79 Å². The first-order valence-corrected chi connectivity index (χ1v) is 12.9. The summed E-state index contributed by atoms with van der Waals surface area (Å²) in [4.78, 5) is 17.4. The van der Waals surface area contributed by atoms with Gasteiger partial charge in [0.25, 0.3) is 0 Å². The standard InChI is InChI=1S/C26H18Cl3N5OS/c1-34-25(17-11-22(15-7-3-2-4-8-15)30-21-10-6-5-9-16(17)21)32-33-26(34)36-14-24(35)31-23-13-19(28)18(27)12-20(23)29/h2-13H,14H2,1H3,(H,31,35). The first-order valence-electron chi connectivity index (χ1n) is 10.8. The Hall–Kier alpha value is -3.10. The van der Waals surface area contributed by atoms with Crippen molar-refractivity contribution in [2.24, 2.45) is 7.05 Å². The molecule has 2 heterocycles. The van der Waals surface area contributed by atoms with Crippen molar-refractivity contribution >= 4 is 69.1 Å². The number of nitrogens with zero attached hydrogens (tertiary/aromatic N) is 4. The largest absolute Gasteiger partial charge is 0.324 e. The van der Waals surface area contributed by atoms with E-state index in [0.29, 0.717) is 31.7 Å². The van der Waals surface area contributed by atoms with Crippen LogP contribution in [0, 0.1) is 0 Å². The van der Waals surface area contributed by atoms with Gasteiger partial charge in [0.2, 0.25) is 5.91 Å². The first-order chi connectivity index (χ1) is 17.4. The molecule has 0 spiro atoms. The number of halogens is 3. The summed E-state index contributed by atoms with van der Waals surface area (Å²) in [6.45, 7) is 0. The lowest BCUT2D eigenvalue weighted by atomic mass is 10.0. The molecule has 0 radical (unpaired) electrons. The molecule has 5 aromatic rings. The smallest absolute Gasteiger partial charge is 0.234 e. The van der Waals surface area contributed by atoms with Crippen LogP contribution in [0.15, 0.2) is 78.0 Å². The minimum absolute atomic E-state index is 0.106. The van der Waals surface area contributed by atoms with Crippen LogP contribution in [0.5, 0.6) is 0 Å². The summed E-state index contributed by atoms with van der Waals surface area (Å²) in [5.41, 5.74) is 4.03. The second-order valence-electron chi connectivity index (χ2n) is 7.89. The van der Waals surface area contributed by atoms with E-state index in [2.05, 4.69) is 15.5 Å². The van der Waals surface area contributed by atoms with Gasteiger partial charge in [0.15, 0.2) is 11.0 Å². The summed E-state index contributed by atoms with van der Waals surface area (Å²) in [5, 5.41) is 14.0. The monoisotopic (exact) mass is 553 g/mol. The van der Waals surface area contributed by atoms with Crippen molar-refractivity contribution in [1.82, 2.24) is 19.7 Å². The predicted octanol–water partition coefficient (Wildman–Crippen LogP) is 7.39. The van der Waals surface area contributed by atoms with Crippen molar-refractivity contribution in [1.29, 1.82) is 0 Å². The quantitative estimate of drug-likeness (QED) is 0.175. The second-order valence-corrected chi connectivity index (χ2v) is 10.1. The summed E-state index contributed by atoms with van der Waals surface area (Å²) >= 11 is 19.4. The van der Waals surface area contributed by atoms with E-state index in [-0.39, 0.29) is 11.7 Å². The van der Waals surface area contributed by atoms with Gasteiger partial charge in [-0.15, -0.1) is 10.2 Å². The van der Waals surface area contributed by atoms with Gasteiger partial charge in [-0.25, -0.2) is 4.98 Å². The highest BCUT2D eigenvalue weighted by Gasteiger charge is 2.18. The third-order valence-corrected chi connectivity index (χ3v) is 7.53. The molecule has 0 aliphatic rings. The van der Waals surface area contributed by atoms with Crippen LogP contribution < -0.4 is 5.32 Å². The van der Waals surface area contributed by atoms with Gasteiger partial charge >= 0.3 is 0 Å². The molecule has 0 unspecified atom stereocenters. The van der Waals surface area contributed by atoms with Crippen molar-refractivity contribution in [2.45, 2.75) is 5.16 Å². The molecule has 0 bridgehead atoms. The Labute approximate surface area is 226 Å². The highest BCUT2D eigenvalue weighted by atomic mass is 35.5. The van der Waals surface area contributed by atoms with E-state index < -0.39 is 0 Å². The Kier molecular flexibility index (Phi) is 7.16. The van der Waals surface area contributed by atoms with Crippen LogP contribution in [0.1, 0.15) is 0 Å². The topological polar surface area (TPSA) is 72.7 Å². The van der Waals surface area contributed by atoms with E-state index in [1.807, 2.05) is 72.3 Å². The van der Waals surface area contributed by atoms with E-state index in [0.717, 1.165) is 27.7 Å². The lowest BCUT2D eigenvalue weighted by Crippen LogP contribution is -2.14. The molecular weight excluding hydrogens is 537 g/mol. The van der Waals surface area contributed by atoms with E-state index >= 15 is 0 Å². The third kappa shape index (κ3) is 5.06. The molecule has 0 saturated heterocycles. The normalized spacial score (nSPS) is 11.1. The number of hydrogen-bond donors (Lipinski definition) is 1. The van der Waals surface area contributed by atoms with E-state index in [1.165, 1.54) is 23.9 Å².